The molecule has 0 aliphatic carbocycles. The first kappa shape index (κ1) is 12.8. The Balaban J connectivity index is 1.99. The zero-order valence-electron chi connectivity index (χ0n) is 11.4. The second kappa shape index (κ2) is 5.05. The predicted octanol–water partition coefficient (Wildman–Crippen LogP) is 2.61. The second-order valence-electron chi connectivity index (χ2n) is 4.69. The zero-order valence-corrected chi connectivity index (χ0v) is 12.2. The molecule has 2 heterocycles. The van der Waals surface area contributed by atoms with Gasteiger partial charge in [-0.25, -0.2) is 15.0 Å². The third-order valence-corrected chi connectivity index (χ3v) is 4.15. The highest BCUT2D eigenvalue weighted by atomic mass is 32.1. The number of benzene rings is 1. The SMILES string of the molecule is Cc1ncsc1CN(C)c1ncnc2cc(N)ccc12. The Bertz CT molecular complexity index is 752. The molecule has 0 amide bonds. The first-order valence-corrected chi connectivity index (χ1v) is 7.13. The molecule has 3 aromatic rings. The summed E-state index contributed by atoms with van der Waals surface area (Å²) in [6, 6.07) is 5.71. The Kier molecular flexibility index (Phi) is 3.23. The van der Waals surface area contributed by atoms with Crippen molar-refractivity contribution in [2.45, 2.75) is 13.5 Å². The van der Waals surface area contributed by atoms with Crippen molar-refractivity contribution in [2.24, 2.45) is 0 Å². The molecule has 3 rings (SSSR count). The molecule has 2 aromatic heterocycles. The molecule has 6 heteroatoms. The number of rotatable bonds is 3. The first-order valence-electron chi connectivity index (χ1n) is 6.25. The van der Waals surface area contributed by atoms with Crippen LogP contribution >= 0.6 is 11.3 Å². The molecular weight excluding hydrogens is 270 g/mol. The quantitative estimate of drug-likeness (QED) is 0.749. The van der Waals surface area contributed by atoms with Crippen molar-refractivity contribution in [3.05, 3.63) is 40.6 Å². The van der Waals surface area contributed by atoms with Crippen LogP contribution in [0.2, 0.25) is 0 Å². The number of nitrogens with two attached hydrogens (primary N) is 1. The first-order chi connectivity index (χ1) is 9.65. The van der Waals surface area contributed by atoms with Gasteiger partial charge in [-0.15, -0.1) is 11.3 Å². The Morgan fingerprint density at radius 1 is 1.25 bits per heavy atom. The van der Waals surface area contributed by atoms with Crippen LogP contribution in [-0.4, -0.2) is 22.0 Å². The van der Waals surface area contributed by atoms with E-state index in [0.29, 0.717) is 5.69 Å². The van der Waals surface area contributed by atoms with E-state index in [-0.39, 0.29) is 0 Å². The van der Waals surface area contributed by atoms with Crippen LogP contribution in [0.25, 0.3) is 10.9 Å². The van der Waals surface area contributed by atoms with E-state index in [1.807, 2.05) is 37.7 Å². The van der Waals surface area contributed by atoms with E-state index >= 15 is 0 Å². The largest absolute Gasteiger partial charge is 0.399 e. The van der Waals surface area contributed by atoms with Crippen LogP contribution in [0.5, 0.6) is 0 Å². The van der Waals surface area contributed by atoms with Gasteiger partial charge in [0.05, 0.1) is 23.3 Å². The fourth-order valence-electron chi connectivity index (χ4n) is 2.13. The van der Waals surface area contributed by atoms with Gasteiger partial charge in [0.1, 0.15) is 12.1 Å². The molecule has 0 spiro atoms. The monoisotopic (exact) mass is 285 g/mol. The van der Waals surface area contributed by atoms with Crippen LogP contribution in [0.4, 0.5) is 11.5 Å². The van der Waals surface area contributed by atoms with E-state index < -0.39 is 0 Å². The lowest BCUT2D eigenvalue weighted by molar-refractivity contribution is 0.903. The molecule has 0 atom stereocenters. The minimum absolute atomic E-state index is 0.711. The van der Waals surface area contributed by atoms with E-state index in [9.17, 15) is 0 Å². The molecule has 0 radical (unpaired) electrons. The average molecular weight is 285 g/mol. The van der Waals surface area contributed by atoms with Gasteiger partial charge in [0.2, 0.25) is 0 Å². The van der Waals surface area contributed by atoms with Gasteiger partial charge in [0.25, 0.3) is 0 Å². The number of fused-ring (bicyclic) bond motifs is 1. The molecule has 2 N–H and O–H groups in total. The minimum atomic E-state index is 0.711. The third-order valence-electron chi connectivity index (χ3n) is 3.23. The molecule has 5 nitrogen and oxygen atoms in total. The standard InChI is InChI=1S/C14H15N5S/c1-9-13(20-8-18-9)6-19(2)14-11-4-3-10(15)5-12(11)16-7-17-14/h3-5,7-8H,6,15H2,1-2H3. The third kappa shape index (κ3) is 2.30. The van der Waals surface area contributed by atoms with E-state index in [4.69, 9.17) is 5.73 Å². The number of nitrogens with zero attached hydrogens (tertiary/aromatic N) is 4. The number of aryl methyl sites for hydroxylation is 1. The summed E-state index contributed by atoms with van der Waals surface area (Å²) in [6.07, 6.45) is 1.58. The number of anilines is 2. The number of thiazole rings is 1. The summed E-state index contributed by atoms with van der Waals surface area (Å²) >= 11 is 1.66. The Morgan fingerprint density at radius 3 is 2.85 bits per heavy atom. The summed E-state index contributed by atoms with van der Waals surface area (Å²) in [5.74, 6) is 0.905. The van der Waals surface area contributed by atoms with Gasteiger partial charge in [-0.1, -0.05) is 0 Å². The molecule has 0 saturated heterocycles. The maximum absolute atomic E-state index is 5.80. The second-order valence-corrected chi connectivity index (χ2v) is 5.63. The average Bonchev–Trinajstić information content (AvgIpc) is 2.83. The van der Waals surface area contributed by atoms with Crippen LogP contribution in [0, 0.1) is 6.92 Å². The van der Waals surface area contributed by atoms with Crippen molar-refractivity contribution >= 4 is 33.7 Å². The summed E-state index contributed by atoms with van der Waals surface area (Å²) < 4.78 is 0. The van der Waals surface area contributed by atoms with Crippen LogP contribution in [0.3, 0.4) is 0 Å². The Hall–Kier alpha value is -2.21. The molecule has 1 aromatic carbocycles. The summed E-state index contributed by atoms with van der Waals surface area (Å²) in [5.41, 5.74) is 10.3. The maximum Gasteiger partial charge on any atom is 0.139 e. The van der Waals surface area contributed by atoms with Crippen molar-refractivity contribution in [1.82, 2.24) is 15.0 Å². The van der Waals surface area contributed by atoms with Gasteiger partial charge >= 0.3 is 0 Å². The molecule has 0 aliphatic heterocycles. The van der Waals surface area contributed by atoms with Gasteiger partial charge in [0, 0.05) is 23.0 Å². The van der Waals surface area contributed by atoms with E-state index in [2.05, 4.69) is 19.9 Å². The van der Waals surface area contributed by atoms with Gasteiger partial charge in [0.15, 0.2) is 0 Å². The Labute approximate surface area is 121 Å². The lowest BCUT2D eigenvalue weighted by atomic mass is 10.2. The van der Waals surface area contributed by atoms with E-state index in [1.165, 1.54) is 4.88 Å². The van der Waals surface area contributed by atoms with E-state index in [0.717, 1.165) is 29.0 Å². The highest BCUT2D eigenvalue weighted by Gasteiger charge is 2.11. The van der Waals surface area contributed by atoms with Crippen molar-refractivity contribution in [3.8, 4) is 0 Å². The molecular formula is C14H15N5S. The summed E-state index contributed by atoms with van der Waals surface area (Å²) in [6.45, 7) is 2.81. The van der Waals surface area contributed by atoms with Crippen molar-refractivity contribution < 1.29 is 0 Å². The predicted molar refractivity (Wildman–Crippen MR) is 82.9 cm³/mol. The Morgan fingerprint density at radius 2 is 2.10 bits per heavy atom. The number of aromatic nitrogens is 3. The van der Waals surface area contributed by atoms with Gasteiger partial charge in [-0.05, 0) is 25.1 Å². The van der Waals surface area contributed by atoms with Crippen LogP contribution < -0.4 is 10.6 Å². The molecule has 0 bridgehead atoms. The van der Waals surface area contributed by atoms with Crippen LogP contribution in [-0.2, 0) is 6.54 Å². The molecule has 0 aliphatic rings. The summed E-state index contributed by atoms with van der Waals surface area (Å²) in [7, 11) is 2.03. The number of nitrogen functional groups attached to an aromatic ring is 1. The molecule has 20 heavy (non-hydrogen) atoms. The highest BCUT2D eigenvalue weighted by Crippen LogP contribution is 2.25. The number of hydrogen-bond acceptors (Lipinski definition) is 6. The maximum atomic E-state index is 5.80. The molecule has 102 valence electrons. The normalized spacial score (nSPS) is 10.9. The van der Waals surface area contributed by atoms with Gasteiger partial charge in [-0.2, -0.15) is 0 Å². The highest BCUT2D eigenvalue weighted by molar-refractivity contribution is 7.09. The lowest BCUT2D eigenvalue weighted by Crippen LogP contribution is -2.18. The number of hydrogen-bond donors (Lipinski definition) is 1. The lowest BCUT2D eigenvalue weighted by Gasteiger charge is -2.19. The summed E-state index contributed by atoms with van der Waals surface area (Å²) in [4.78, 5) is 16.3. The van der Waals surface area contributed by atoms with Crippen molar-refractivity contribution in [1.29, 1.82) is 0 Å². The summed E-state index contributed by atoms with van der Waals surface area (Å²) in [5, 5.41) is 1.01. The van der Waals surface area contributed by atoms with Gasteiger partial charge < -0.3 is 10.6 Å². The van der Waals surface area contributed by atoms with Crippen LogP contribution in [0.15, 0.2) is 30.0 Å². The molecule has 0 unspecified atom stereocenters. The van der Waals surface area contributed by atoms with Crippen molar-refractivity contribution in [2.75, 3.05) is 17.7 Å². The smallest absolute Gasteiger partial charge is 0.139 e. The molecule has 0 saturated carbocycles. The minimum Gasteiger partial charge on any atom is -0.399 e. The fraction of sp³-hybridized carbons (Fsp3) is 0.214. The zero-order chi connectivity index (χ0) is 14.1. The van der Waals surface area contributed by atoms with E-state index in [1.54, 1.807) is 17.7 Å². The fourth-order valence-corrected chi connectivity index (χ4v) is 2.96. The van der Waals surface area contributed by atoms with Gasteiger partial charge in [-0.3, -0.25) is 0 Å². The van der Waals surface area contributed by atoms with Crippen molar-refractivity contribution in [3.63, 3.8) is 0 Å². The topological polar surface area (TPSA) is 67.9 Å². The van der Waals surface area contributed by atoms with Crippen LogP contribution in [0.1, 0.15) is 10.6 Å². The molecule has 0 fully saturated rings.